The summed E-state index contributed by atoms with van der Waals surface area (Å²) in [5, 5.41) is 3.57. The molecule has 0 saturated carbocycles. The van der Waals surface area contributed by atoms with Crippen molar-refractivity contribution >= 4 is 48.6 Å². The Hall–Kier alpha value is -1.04. The largest absolute Gasteiger partial charge is 0.345 e. The van der Waals surface area contributed by atoms with Gasteiger partial charge >= 0.3 is 0 Å². The van der Waals surface area contributed by atoms with Crippen molar-refractivity contribution in [2.24, 2.45) is 5.11 Å². The van der Waals surface area contributed by atoms with Crippen molar-refractivity contribution in [2.75, 3.05) is 0 Å². The summed E-state index contributed by atoms with van der Waals surface area (Å²) in [6.45, 7) is 0. The van der Waals surface area contributed by atoms with E-state index in [1.54, 1.807) is 6.33 Å². The number of benzene rings is 1. The molecule has 0 amide bonds. The molecule has 1 aromatic heterocycles. The van der Waals surface area contributed by atoms with Gasteiger partial charge in [-0.05, 0) is 27.5 Å². The van der Waals surface area contributed by atoms with Crippen LogP contribution in [0, 0.1) is 0 Å². The maximum absolute atomic E-state index is 8.38. The fraction of sp³-hybridized carbons (Fsp3) is 0. The predicted octanol–water partition coefficient (Wildman–Crippen LogP) is 4.03. The Balaban J connectivity index is 2.88. The second-order valence-corrected chi connectivity index (χ2v) is 4.16. The first kappa shape index (κ1) is 9.51. The van der Waals surface area contributed by atoms with Crippen LogP contribution in [0.2, 0.25) is 0 Å². The quantitative estimate of drug-likeness (QED) is 0.481. The van der Waals surface area contributed by atoms with E-state index in [1.807, 2.05) is 6.07 Å². The van der Waals surface area contributed by atoms with Gasteiger partial charge in [0.2, 0.25) is 0 Å². The van der Waals surface area contributed by atoms with Gasteiger partial charge < -0.3 is 4.98 Å². The van der Waals surface area contributed by atoms with Crippen molar-refractivity contribution in [1.29, 1.82) is 0 Å². The van der Waals surface area contributed by atoms with E-state index in [-0.39, 0.29) is 0 Å². The van der Waals surface area contributed by atoms with Crippen LogP contribution in [0.25, 0.3) is 21.5 Å². The van der Waals surface area contributed by atoms with E-state index < -0.39 is 0 Å². The van der Waals surface area contributed by atoms with Crippen molar-refractivity contribution in [1.82, 2.24) is 9.97 Å². The molecule has 14 heavy (non-hydrogen) atoms. The van der Waals surface area contributed by atoms with E-state index in [9.17, 15) is 0 Å². The third-order valence-electron chi connectivity index (χ3n) is 1.73. The molecule has 0 fully saturated rings. The number of halogens is 2. The number of rotatable bonds is 1. The van der Waals surface area contributed by atoms with Crippen LogP contribution < -0.4 is 0 Å². The second-order valence-electron chi connectivity index (χ2n) is 2.51. The molecule has 0 unspecified atom stereocenters. The molecule has 2 rings (SSSR count). The van der Waals surface area contributed by atoms with Gasteiger partial charge in [0, 0.05) is 9.38 Å². The summed E-state index contributed by atoms with van der Waals surface area (Å²) in [7, 11) is 0. The summed E-state index contributed by atoms with van der Waals surface area (Å²) in [6, 6.07) is 1.82. The van der Waals surface area contributed by atoms with Crippen LogP contribution in [0.3, 0.4) is 0 Å². The van der Waals surface area contributed by atoms with Gasteiger partial charge in [0.1, 0.15) is 5.52 Å². The van der Waals surface area contributed by atoms with Crippen molar-refractivity contribution in [3.8, 4) is 0 Å². The molecule has 0 aliphatic heterocycles. The molecule has 0 radical (unpaired) electrons. The van der Waals surface area contributed by atoms with Gasteiger partial charge in [-0.15, -0.1) is 0 Å². The molecule has 0 aliphatic rings. The minimum Gasteiger partial charge on any atom is -0.345 e. The number of imidazole rings is 1. The summed E-state index contributed by atoms with van der Waals surface area (Å²) in [6.07, 6.45) is 1.59. The third-order valence-corrected chi connectivity index (χ3v) is 3.08. The first-order valence-electron chi connectivity index (χ1n) is 3.60. The van der Waals surface area contributed by atoms with E-state index in [0.717, 1.165) is 15.5 Å². The molecular weight excluding hydrogens is 314 g/mol. The number of nitrogens with one attached hydrogen (secondary N) is 1. The highest BCUT2D eigenvalue weighted by Gasteiger charge is 2.10. The number of nitrogens with zero attached hydrogens (tertiary/aromatic N) is 4. The molecule has 0 saturated heterocycles. The Morgan fingerprint density at radius 3 is 3.00 bits per heavy atom. The number of fused-ring (bicyclic) bond motifs is 1. The molecule has 1 aromatic carbocycles. The van der Waals surface area contributed by atoms with Crippen molar-refractivity contribution in [2.45, 2.75) is 0 Å². The van der Waals surface area contributed by atoms with Crippen LogP contribution in [-0.4, -0.2) is 9.97 Å². The zero-order chi connectivity index (χ0) is 10.1. The van der Waals surface area contributed by atoms with Crippen LogP contribution >= 0.6 is 31.9 Å². The highest BCUT2D eigenvalue weighted by Crippen LogP contribution is 2.38. The zero-order valence-electron chi connectivity index (χ0n) is 6.70. The van der Waals surface area contributed by atoms with E-state index in [4.69, 9.17) is 5.53 Å². The summed E-state index contributed by atoms with van der Waals surface area (Å²) < 4.78 is 1.40. The molecule has 7 heteroatoms. The highest BCUT2D eigenvalue weighted by molar-refractivity contribution is 9.11. The molecular formula is C7H3Br2N5. The molecule has 1 heterocycles. The minimum atomic E-state index is 0.507. The maximum atomic E-state index is 8.38. The van der Waals surface area contributed by atoms with Gasteiger partial charge in [-0.3, -0.25) is 0 Å². The van der Waals surface area contributed by atoms with Crippen LogP contribution in [0.5, 0.6) is 0 Å². The first-order valence-corrected chi connectivity index (χ1v) is 5.19. The van der Waals surface area contributed by atoms with Crippen LogP contribution in [0.15, 0.2) is 26.5 Å². The number of aromatic nitrogens is 2. The average Bonchev–Trinajstić information content (AvgIpc) is 2.60. The molecule has 0 spiro atoms. The molecule has 0 bridgehead atoms. The van der Waals surface area contributed by atoms with Crippen molar-refractivity contribution < 1.29 is 0 Å². The number of hydrogen-bond donors (Lipinski definition) is 1. The summed E-state index contributed by atoms with van der Waals surface area (Å²) in [4.78, 5) is 9.81. The van der Waals surface area contributed by atoms with Gasteiger partial charge in [-0.2, -0.15) is 0 Å². The Bertz CT molecular complexity index is 540. The molecule has 0 aliphatic carbocycles. The Labute approximate surface area is 95.4 Å². The van der Waals surface area contributed by atoms with E-state index >= 15 is 0 Å². The normalized spacial score (nSPS) is 10.1. The minimum absolute atomic E-state index is 0.507. The standard InChI is InChI=1S/C7H3Br2N5/c8-3-1-4-7(12-2-11-4)5(9)6(3)13-14-10/h1-2H,(H,11,12). The lowest BCUT2D eigenvalue weighted by atomic mass is 10.3. The van der Waals surface area contributed by atoms with Crippen LogP contribution in [-0.2, 0) is 0 Å². The molecule has 1 N–H and O–H groups in total. The molecule has 70 valence electrons. The smallest absolute Gasteiger partial charge is 0.103 e. The predicted molar refractivity (Wildman–Crippen MR) is 60.3 cm³/mol. The SMILES string of the molecule is [N-]=[N+]=Nc1c(Br)cc2[nH]cnc2c1Br. The Kier molecular flexibility index (Phi) is 2.45. The van der Waals surface area contributed by atoms with Gasteiger partial charge in [0.05, 0.1) is 22.0 Å². The highest BCUT2D eigenvalue weighted by atomic mass is 79.9. The first-order chi connectivity index (χ1) is 6.74. The Morgan fingerprint density at radius 2 is 2.29 bits per heavy atom. The fourth-order valence-corrected chi connectivity index (χ4v) is 2.52. The van der Waals surface area contributed by atoms with Crippen molar-refractivity contribution in [3.05, 3.63) is 31.8 Å². The molecule has 5 nitrogen and oxygen atoms in total. The lowest BCUT2D eigenvalue weighted by Gasteiger charge is -2.00. The lowest BCUT2D eigenvalue weighted by molar-refractivity contribution is 1.34. The molecule has 0 atom stereocenters. The van der Waals surface area contributed by atoms with E-state index in [1.165, 1.54) is 0 Å². The number of hydrogen-bond acceptors (Lipinski definition) is 2. The van der Waals surface area contributed by atoms with Crippen LogP contribution in [0.1, 0.15) is 0 Å². The van der Waals surface area contributed by atoms with E-state index in [0.29, 0.717) is 10.2 Å². The van der Waals surface area contributed by atoms with Gasteiger partial charge in [-0.1, -0.05) is 21.0 Å². The summed E-state index contributed by atoms with van der Waals surface area (Å²) in [5.74, 6) is 0. The maximum Gasteiger partial charge on any atom is 0.103 e. The summed E-state index contributed by atoms with van der Waals surface area (Å²) >= 11 is 6.65. The average molecular weight is 317 g/mol. The third kappa shape index (κ3) is 1.39. The van der Waals surface area contributed by atoms with Crippen molar-refractivity contribution in [3.63, 3.8) is 0 Å². The van der Waals surface area contributed by atoms with Gasteiger partial charge in [0.15, 0.2) is 0 Å². The number of H-pyrrole nitrogens is 1. The zero-order valence-corrected chi connectivity index (χ0v) is 9.87. The Morgan fingerprint density at radius 1 is 1.50 bits per heavy atom. The number of aromatic amines is 1. The topological polar surface area (TPSA) is 77.4 Å². The van der Waals surface area contributed by atoms with Gasteiger partial charge in [-0.25, -0.2) is 4.98 Å². The summed E-state index contributed by atoms with van der Waals surface area (Å²) in [5.41, 5.74) is 10.5. The second kappa shape index (κ2) is 3.61. The van der Waals surface area contributed by atoms with E-state index in [2.05, 4.69) is 51.9 Å². The number of azide groups is 1. The molecule has 2 aromatic rings. The lowest BCUT2D eigenvalue weighted by Crippen LogP contribution is -1.76. The van der Waals surface area contributed by atoms with Crippen LogP contribution in [0.4, 0.5) is 5.69 Å². The van der Waals surface area contributed by atoms with Gasteiger partial charge in [0.25, 0.3) is 0 Å². The fourth-order valence-electron chi connectivity index (χ4n) is 1.14. The monoisotopic (exact) mass is 315 g/mol.